The molecule has 1 N–H and O–H groups in total. The van der Waals surface area contributed by atoms with Crippen molar-refractivity contribution in [3.63, 3.8) is 0 Å². The number of hydrogen-bond acceptors (Lipinski definition) is 4. The van der Waals surface area contributed by atoms with E-state index in [0.29, 0.717) is 10.7 Å². The van der Waals surface area contributed by atoms with Gasteiger partial charge in [-0.05, 0) is 24.7 Å². The fraction of sp³-hybridized carbons (Fsp3) is 0.733. The lowest BCUT2D eigenvalue weighted by atomic mass is 9.90. The number of aromatic nitrogens is 2. The van der Waals surface area contributed by atoms with Crippen LogP contribution < -0.4 is 5.32 Å². The molecule has 0 aromatic carbocycles. The van der Waals surface area contributed by atoms with Crippen molar-refractivity contribution in [2.75, 3.05) is 13.1 Å². The standard InChI is InChI=1S/C15H26N4S/c1-15(2,3)10-13-11-18-14(20-13)17-6-4-5-8-19-9-7-16-12-19/h7,9,12-13H,4-6,8,10-11H2,1-3H3,(H,17,18). The highest BCUT2D eigenvalue weighted by Crippen LogP contribution is 2.31. The first-order valence-corrected chi connectivity index (χ1v) is 8.32. The van der Waals surface area contributed by atoms with E-state index >= 15 is 0 Å². The molecule has 2 rings (SSSR count). The molecule has 1 aromatic rings. The van der Waals surface area contributed by atoms with Crippen molar-refractivity contribution in [3.05, 3.63) is 18.7 Å². The van der Waals surface area contributed by atoms with Gasteiger partial charge in [0, 0.05) is 30.7 Å². The first kappa shape index (κ1) is 15.4. The lowest BCUT2D eigenvalue weighted by molar-refractivity contribution is 0.375. The third-order valence-corrected chi connectivity index (χ3v) is 4.38. The summed E-state index contributed by atoms with van der Waals surface area (Å²) in [5.74, 6) is 0. The molecule has 4 nitrogen and oxygen atoms in total. The van der Waals surface area contributed by atoms with Gasteiger partial charge in [0.2, 0.25) is 0 Å². The summed E-state index contributed by atoms with van der Waals surface area (Å²) in [6.07, 6.45) is 9.29. The molecular formula is C15H26N4S. The molecule has 20 heavy (non-hydrogen) atoms. The molecule has 0 radical (unpaired) electrons. The summed E-state index contributed by atoms with van der Waals surface area (Å²) in [7, 11) is 0. The lowest BCUT2D eigenvalue weighted by Crippen LogP contribution is -2.22. The number of amidine groups is 1. The Bertz CT molecular complexity index is 420. The minimum atomic E-state index is 0.396. The minimum Gasteiger partial charge on any atom is -0.365 e. The second-order valence-electron chi connectivity index (χ2n) is 6.58. The van der Waals surface area contributed by atoms with Crippen LogP contribution in [-0.4, -0.2) is 33.1 Å². The van der Waals surface area contributed by atoms with Crippen molar-refractivity contribution in [2.45, 2.75) is 51.8 Å². The second kappa shape index (κ2) is 7.16. The van der Waals surface area contributed by atoms with Gasteiger partial charge >= 0.3 is 0 Å². The van der Waals surface area contributed by atoms with E-state index in [1.54, 1.807) is 0 Å². The zero-order valence-electron chi connectivity index (χ0n) is 12.8. The zero-order chi connectivity index (χ0) is 14.4. The molecule has 1 unspecified atom stereocenters. The van der Waals surface area contributed by atoms with Gasteiger partial charge in [0.1, 0.15) is 0 Å². The fourth-order valence-electron chi connectivity index (χ4n) is 2.34. The minimum absolute atomic E-state index is 0.396. The number of unbranched alkanes of at least 4 members (excludes halogenated alkanes) is 1. The molecule has 1 aliphatic heterocycles. The van der Waals surface area contributed by atoms with E-state index in [9.17, 15) is 0 Å². The van der Waals surface area contributed by atoms with Gasteiger partial charge in [-0.25, -0.2) is 4.98 Å². The monoisotopic (exact) mass is 294 g/mol. The predicted molar refractivity (Wildman–Crippen MR) is 87.2 cm³/mol. The van der Waals surface area contributed by atoms with Crippen LogP contribution in [0.3, 0.4) is 0 Å². The molecular weight excluding hydrogens is 268 g/mol. The van der Waals surface area contributed by atoms with Gasteiger partial charge in [-0.1, -0.05) is 32.5 Å². The van der Waals surface area contributed by atoms with E-state index in [1.807, 2.05) is 30.5 Å². The third kappa shape index (κ3) is 5.57. The summed E-state index contributed by atoms with van der Waals surface area (Å²) in [5, 5.41) is 5.26. The van der Waals surface area contributed by atoms with Crippen LogP contribution in [0.5, 0.6) is 0 Å². The molecule has 0 fully saturated rings. The molecule has 1 aliphatic rings. The van der Waals surface area contributed by atoms with E-state index in [0.717, 1.165) is 24.8 Å². The van der Waals surface area contributed by atoms with Crippen LogP contribution >= 0.6 is 11.8 Å². The number of nitrogens with one attached hydrogen (secondary N) is 1. The SMILES string of the molecule is CC(C)(C)CC1CN=C(NCCCCn2ccnc2)S1. The molecule has 0 bridgehead atoms. The normalized spacial score (nSPS) is 19.1. The largest absolute Gasteiger partial charge is 0.365 e. The maximum Gasteiger partial charge on any atom is 0.156 e. The van der Waals surface area contributed by atoms with Gasteiger partial charge in [-0.15, -0.1) is 0 Å². The summed E-state index contributed by atoms with van der Waals surface area (Å²) >= 11 is 1.92. The van der Waals surface area contributed by atoms with E-state index < -0.39 is 0 Å². The molecule has 0 spiro atoms. The number of hydrogen-bond donors (Lipinski definition) is 1. The van der Waals surface area contributed by atoms with Gasteiger partial charge in [-0.2, -0.15) is 0 Å². The topological polar surface area (TPSA) is 42.2 Å². The fourth-order valence-corrected chi connectivity index (χ4v) is 3.72. The van der Waals surface area contributed by atoms with Crippen LogP contribution in [0.2, 0.25) is 0 Å². The maximum atomic E-state index is 4.60. The van der Waals surface area contributed by atoms with Crippen molar-refractivity contribution in [1.29, 1.82) is 0 Å². The first-order valence-electron chi connectivity index (χ1n) is 7.44. The van der Waals surface area contributed by atoms with Gasteiger partial charge in [-0.3, -0.25) is 4.99 Å². The van der Waals surface area contributed by atoms with E-state index in [-0.39, 0.29) is 0 Å². The Morgan fingerprint density at radius 3 is 2.95 bits per heavy atom. The summed E-state index contributed by atoms with van der Waals surface area (Å²) in [4.78, 5) is 8.65. The average molecular weight is 294 g/mol. The third-order valence-electron chi connectivity index (χ3n) is 3.24. The van der Waals surface area contributed by atoms with Gasteiger partial charge < -0.3 is 9.88 Å². The summed E-state index contributed by atoms with van der Waals surface area (Å²) < 4.78 is 2.13. The average Bonchev–Trinajstić information content (AvgIpc) is 2.98. The molecule has 1 aromatic heterocycles. The Kier molecular flexibility index (Phi) is 5.52. The molecule has 0 saturated heterocycles. The highest BCUT2D eigenvalue weighted by Gasteiger charge is 2.24. The number of aliphatic imine (C=N–C) groups is 1. The number of imidazole rings is 1. The molecule has 0 aliphatic carbocycles. The van der Waals surface area contributed by atoms with Crippen LogP contribution in [0, 0.1) is 5.41 Å². The smallest absolute Gasteiger partial charge is 0.156 e. The molecule has 112 valence electrons. The van der Waals surface area contributed by atoms with Crippen LogP contribution in [-0.2, 0) is 6.54 Å². The predicted octanol–water partition coefficient (Wildman–Crippen LogP) is 3.16. The Hall–Kier alpha value is -0.970. The molecule has 0 amide bonds. The van der Waals surface area contributed by atoms with Crippen molar-refractivity contribution in [3.8, 4) is 0 Å². The Morgan fingerprint density at radius 1 is 1.40 bits per heavy atom. The number of nitrogens with zero attached hydrogens (tertiary/aromatic N) is 3. The maximum absolute atomic E-state index is 4.60. The van der Waals surface area contributed by atoms with Gasteiger partial charge in [0.25, 0.3) is 0 Å². The quantitative estimate of drug-likeness (QED) is 0.820. The highest BCUT2D eigenvalue weighted by atomic mass is 32.2. The first-order chi connectivity index (χ1) is 9.53. The lowest BCUT2D eigenvalue weighted by Gasteiger charge is -2.21. The molecule has 1 atom stereocenters. The molecule has 0 saturated carbocycles. The second-order valence-corrected chi connectivity index (χ2v) is 7.87. The van der Waals surface area contributed by atoms with E-state index in [2.05, 4.69) is 40.6 Å². The number of thioether (sulfide) groups is 1. The summed E-state index contributed by atoms with van der Waals surface area (Å²) in [6.45, 7) is 9.94. The zero-order valence-corrected chi connectivity index (χ0v) is 13.6. The van der Waals surface area contributed by atoms with Crippen LogP contribution in [0.15, 0.2) is 23.7 Å². The Morgan fingerprint density at radius 2 is 2.25 bits per heavy atom. The molecule has 2 heterocycles. The highest BCUT2D eigenvalue weighted by molar-refractivity contribution is 8.14. The van der Waals surface area contributed by atoms with Crippen LogP contribution in [0.25, 0.3) is 0 Å². The van der Waals surface area contributed by atoms with Gasteiger partial charge in [0.15, 0.2) is 5.17 Å². The Balaban J connectivity index is 1.54. The Labute approximate surface area is 126 Å². The van der Waals surface area contributed by atoms with E-state index in [4.69, 9.17) is 0 Å². The van der Waals surface area contributed by atoms with Crippen molar-refractivity contribution in [2.24, 2.45) is 10.4 Å². The summed E-state index contributed by atoms with van der Waals surface area (Å²) in [6, 6.07) is 0. The summed E-state index contributed by atoms with van der Waals surface area (Å²) in [5.41, 5.74) is 0.396. The van der Waals surface area contributed by atoms with Crippen molar-refractivity contribution >= 4 is 16.9 Å². The van der Waals surface area contributed by atoms with Crippen molar-refractivity contribution < 1.29 is 0 Å². The van der Waals surface area contributed by atoms with Crippen LogP contribution in [0.4, 0.5) is 0 Å². The number of rotatable bonds is 6. The van der Waals surface area contributed by atoms with Gasteiger partial charge in [0.05, 0.1) is 12.9 Å². The van der Waals surface area contributed by atoms with Crippen molar-refractivity contribution in [1.82, 2.24) is 14.9 Å². The molecule has 5 heteroatoms. The van der Waals surface area contributed by atoms with E-state index in [1.165, 1.54) is 19.3 Å². The van der Waals surface area contributed by atoms with Crippen LogP contribution in [0.1, 0.15) is 40.0 Å². The number of aryl methyl sites for hydroxylation is 1.